The zero-order chi connectivity index (χ0) is 16.2. The van der Waals surface area contributed by atoms with Crippen LogP contribution in [0.1, 0.15) is 42.2 Å². The van der Waals surface area contributed by atoms with Crippen LogP contribution in [0.3, 0.4) is 0 Å². The highest BCUT2D eigenvalue weighted by Crippen LogP contribution is 2.40. The number of ketones is 2. The van der Waals surface area contributed by atoms with Crippen molar-refractivity contribution in [2.24, 2.45) is 0 Å². The van der Waals surface area contributed by atoms with Crippen molar-refractivity contribution in [3.63, 3.8) is 0 Å². The molecule has 2 aromatic rings. The second kappa shape index (κ2) is 4.67. The number of carboxylic acid groups (broad SMARTS) is 1. The molecule has 0 bridgehead atoms. The molecule has 7 heteroatoms. The molecule has 1 aliphatic carbocycles. The number of halogens is 1. The molecular weight excluding hydrogens is 354 g/mol. The lowest BCUT2D eigenvalue weighted by molar-refractivity contribution is 0.0696. The molecule has 0 heterocycles. The molecule has 0 radical (unpaired) electrons. The molecule has 1 aliphatic rings. The quantitative estimate of drug-likeness (QED) is 0.451. The lowest BCUT2D eigenvalue weighted by Crippen LogP contribution is -2.23. The van der Waals surface area contributed by atoms with Gasteiger partial charge in [0.15, 0.2) is 11.6 Å². The summed E-state index contributed by atoms with van der Waals surface area (Å²) >= 11 is 3.12. The van der Waals surface area contributed by atoms with Crippen LogP contribution in [0.2, 0.25) is 0 Å². The molecule has 0 saturated heterocycles. The van der Waals surface area contributed by atoms with Crippen LogP contribution in [0.4, 0.5) is 5.69 Å². The third-order valence-electron chi connectivity index (χ3n) is 3.51. The van der Waals surface area contributed by atoms with Crippen LogP contribution in [0.25, 0.3) is 0 Å². The van der Waals surface area contributed by atoms with Crippen molar-refractivity contribution in [2.45, 2.75) is 0 Å². The Kier molecular flexibility index (Phi) is 3.03. The van der Waals surface area contributed by atoms with Crippen molar-refractivity contribution >= 4 is 39.2 Å². The Morgan fingerprint density at radius 2 is 1.68 bits per heavy atom. The molecule has 0 unspecified atom stereocenters. The highest BCUT2D eigenvalue weighted by molar-refractivity contribution is 9.10. The summed E-state index contributed by atoms with van der Waals surface area (Å²) in [6.45, 7) is 0. The fourth-order valence-corrected chi connectivity index (χ4v) is 2.87. The van der Waals surface area contributed by atoms with Crippen LogP contribution in [0.5, 0.6) is 5.75 Å². The van der Waals surface area contributed by atoms with Gasteiger partial charge in [-0.2, -0.15) is 0 Å². The number of carbonyl (C=O) groups excluding carboxylic acids is 2. The number of phenolic OH excluding ortho intramolecular Hbond substituents is 1. The SMILES string of the molecule is Nc1c(Br)cc(O)c2c1C(=O)c1ccc(C(=O)O)cc1C2=O. The topological polar surface area (TPSA) is 118 Å². The number of aromatic hydroxyl groups is 1. The van der Waals surface area contributed by atoms with E-state index in [-0.39, 0.29) is 39.3 Å². The van der Waals surface area contributed by atoms with E-state index in [0.29, 0.717) is 4.47 Å². The van der Waals surface area contributed by atoms with Gasteiger partial charge >= 0.3 is 5.97 Å². The number of carboxylic acids is 1. The smallest absolute Gasteiger partial charge is 0.335 e. The number of phenols is 1. The molecule has 0 amide bonds. The third-order valence-corrected chi connectivity index (χ3v) is 4.16. The van der Waals surface area contributed by atoms with Crippen molar-refractivity contribution in [3.8, 4) is 5.75 Å². The predicted molar refractivity (Wildman–Crippen MR) is 80.5 cm³/mol. The monoisotopic (exact) mass is 361 g/mol. The largest absolute Gasteiger partial charge is 0.507 e. The summed E-state index contributed by atoms with van der Waals surface area (Å²) in [4.78, 5) is 36.1. The summed E-state index contributed by atoms with van der Waals surface area (Å²) in [7, 11) is 0. The Morgan fingerprint density at radius 3 is 2.32 bits per heavy atom. The van der Waals surface area contributed by atoms with E-state index in [1.54, 1.807) is 0 Å². The zero-order valence-corrected chi connectivity index (χ0v) is 12.5. The summed E-state index contributed by atoms with van der Waals surface area (Å²) in [5, 5.41) is 19.0. The van der Waals surface area contributed by atoms with E-state index in [4.69, 9.17) is 10.8 Å². The Morgan fingerprint density at radius 1 is 1.05 bits per heavy atom. The Balaban J connectivity index is 2.35. The number of carbonyl (C=O) groups is 3. The van der Waals surface area contributed by atoms with Crippen LogP contribution < -0.4 is 5.73 Å². The number of hydrogen-bond acceptors (Lipinski definition) is 5. The summed E-state index contributed by atoms with van der Waals surface area (Å²) in [6, 6.07) is 4.87. The lowest BCUT2D eigenvalue weighted by atomic mass is 9.82. The molecule has 0 aromatic heterocycles. The van der Waals surface area contributed by atoms with Crippen LogP contribution in [-0.4, -0.2) is 27.7 Å². The second-order valence-electron chi connectivity index (χ2n) is 4.76. The molecule has 0 spiro atoms. The van der Waals surface area contributed by atoms with Gasteiger partial charge < -0.3 is 15.9 Å². The van der Waals surface area contributed by atoms with Crippen molar-refractivity contribution in [1.29, 1.82) is 0 Å². The molecule has 0 saturated carbocycles. The molecule has 2 aromatic carbocycles. The second-order valence-corrected chi connectivity index (χ2v) is 5.62. The first kappa shape index (κ1) is 14.3. The number of fused-ring (bicyclic) bond motifs is 2. The minimum atomic E-state index is -1.21. The Hall–Kier alpha value is -2.67. The summed E-state index contributed by atoms with van der Waals surface area (Å²) in [5.41, 5.74) is 5.49. The zero-order valence-electron chi connectivity index (χ0n) is 10.9. The van der Waals surface area contributed by atoms with Crippen molar-refractivity contribution in [3.05, 3.63) is 56.6 Å². The van der Waals surface area contributed by atoms with Gasteiger partial charge in [-0.15, -0.1) is 0 Å². The molecular formula is C15H8BrNO5. The molecule has 4 N–H and O–H groups in total. The molecule has 0 aliphatic heterocycles. The predicted octanol–water partition coefficient (Wildman–Crippen LogP) is 2.21. The average molecular weight is 362 g/mol. The molecule has 22 heavy (non-hydrogen) atoms. The van der Waals surface area contributed by atoms with E-state index >= 15 is 0 Å². The van der Waals surface area contributed by atoms with Crippen LogP contribution in [0, 0.1) is 0 Å². The molecule has 110 valence electrons. The first-order valence-corrected chi connectivity index (χ1v) is 6.90. The Labute approximate surface area is 132 Å². The number of benzene rings is 2. The van der Waals surface area contributed by atoms with Gasteiger partial charge in [-0.25, -0.2) is 4.79 Å². The van der Waals surface area contributed by atoms with E-state index in [2.05, 4.69) is 15.9 Å². The van der Waals surface area contributed by atoms with E-state index in [1.807, 2.05) is 0 Å². The van der Waals surface area contributed by atoms with Crippen molar-refractivity contribution < 1.29 is 24.6 Å². The molecule has 6 nitrogen and oxygen atoms in total. The number of hydrogen-bond donors (Lipinski definition) is 3. The molecule has 3 rings (SSSR count). The average Bonchev–Trinajstić information content (AvgIpc) is 2.47. The standard InChI is InChI=1S/C15H8BrNO5/c16-8-4-9(18)10-11(12(8)17)13(19)6-2-1-5(15(21)22)3-7(6)14(10)20/h1-4,18H,17H2,(H,21,22). The first-order chi connectivity index (χ1) is 10.3. The van der Waals surface area contributed by atoms with Gasteiger partial charge in [0.2, 0.25) is 0 Å². The number of rotatable bonds is 1. The molecule has 0 atom stereocenters. The van der Waals surface area contributed by atoms with E-state index in [1.165, 1.54) is 18.2 Å². The van der Waals surface area contributed by atoms with Gasteiger partial charge in [0.05, 0.1) is 22.4 Å². The number of nitrogens with two attached hydrogens (primary N) is 1. The number of nitrogen functional groups attached to an aromatic ring is 1. The van der Waals surface area contributed by atoms with Gasteiger partial charge in [0, 0.05) is 15.6 Å². The number of anilines is 1. The van der Waals surface area contributed by atoms with Gasteiger partial charge in [-0.3, -0.25) is 9.59 Å². The summed E-state index contributed by atoms with van der Waals surface area (Å²) in [6.07, 6.45) is 0. The van der Waals surface area contributed by atoms with E-state index < -0.39 is 17.5 Å². The maximum absolute atomic E-state index is 12.5. The fourth-order valence-electron chi connectivity index (χ4n) is 2.45. The lowest BCUT2D eigenvalue weighted by Gasteiger charge is -2.20. The first-order valence-electron chi connectivity index (χ1n) is 6.10. The fraction of sp³-hybridized carbons (Fsp3) is 0. The van der Waals surface area contributed by atoms with Crippen molar-refractivity contribution in [1.82, 2.24) is 0 Å². The van der Waals surface area contributed by atoms with Crippen LogP contribution in [0.15, 0.2) is 28.7 Å². The highest BCUT2D eigenvalue weighted by atomic mass is 79.9. The van der Waals surface area contributed by atoms with Gasteiger partial charge in [-0.05, 0) is 40.2 Å². The van der Waals surface area contributed by atoms with Gasteiger partial charge in [0.25, 0.3) is 0 Å². The normalized spacial score (nSPS) is 12.8. The summed E-state index contributed by atoms with van der Waals surface area (Å²) < 4.78 is 0.301. The maximum Gasteiger partial charge on any atom is 0.335 e. The van der Waals surface area contributed by atoms with Crippen LogP contribution in [-0.2, 0) is 0 Å². The van der Waals surface area contributed by atoms with E-state index in [0.717, 1.165) is 6.07 Å². The minimum absolute atomic E-state index is 0.0547. The maximum atomic E-state index is 12.5. The Bertz CT molecular complexity index is 888. The van der Waals surface area contributed by atoms with Crippen molar-refractivity contribution in [2.75, 3.05) is 5.73 Å². The van der Waals surface area contributed by atoms with E-state index in [9.17, 15) is 19.5 Å². The van der Waals surface area contributed by atoms with Gasteiger partial charge in [-0.1, -0.05) is 0 Å². The highest BCUT2D eigenvalue weighted by Gasteiger charge is 2.35. The minimum Gasteiger partial charge on any atom is -0.507 e. The van der Waals surface area contributed by atoms with Gasteiger partial charge in [0.1, 0.15) is 5.75 Å². The summed E-state index contributed by atoms with van der Waals surface area (Å²) in [5.74, 6) is -2.77. The van der Waals surface area contributed by atoms with Crippen LogP contribution >= 0.6 is 15.9 Å². The number of aromatic carboxylic acids is 1. The molecule has 0 fully saturated rings. The third kappa shape index (κ3) is 1.82.